The first-order valence-electron chi connectivity index (χ1n) is 13.3. The monoisotopic (exact) mass is 542 g/mol. The lowest BCUT2D eigenvalue weighted by Crippen LogP contribution is -2.60. The van der Waals surface area contributed by atoms with Crippen LogP contribution in [0.5, 0.6) is 0 Å². The molecule has 1 heterocycles. The first-order chi connectivity index (χ1) is 19.2. The molecule has 1 fully saturated rings. The largest absolute Gasteiger partial charge is 0.368 e. The fourth-order valence-electron chi connectivity index (χ4n) is 4.73. The van der Waals surface area contributed by atoms with Crippen molar-refractivity contribution in [2.75, 3.05) is 0 Å². The molecule has 1 aliphatic heterocycles. The molecule has 5 rings (SSSR count). The molecule has 0 N–H and O–H groups in total. The van der Waals surface area contributed by atoms with Crippen molar-refractivity contribution in [1.29, 1.82) is 0 Å². The number of rotatable bonds is 11. The molecule has 0 saturated carbocycles. The lowest BCUT2D eigenvalue weighted by atomic mass is 9.99. The Hall–Kier alpha value is -3.13. The molecule has 4 aromatic carbocycles. The van der Waals surface area contributed by atoms with E-state index < -0.39 is 34.5 Å². The molecule has 0 bridgehead atoms. The van der Waals surface area contributed by atoms with Crippen molar-refractivity contribution in [3.05, 3.63) is 138 Å². The van der Waals surface area contributed by atoms with E-state index in [2.05, 4.69) is 0 Å². The van der Waals surface area contributed by atoms with E-state index >= 15 is 0 Å². The summed E-state index contributed by atoms with van der Waals surface area (Å²) in [7, 11) is -1.48. The van der Waals surface area contributed by atoms with Crippen LogP contribution in [0.15, 0.2) is 126 Å². The Labute approximate surface area is 233 Å². The van der Waals surface area contributed by atoms with Crippen molar-refractivity contribution in [1.82, 2.24) is 0 Å². The lowest BCUT2D eigenvalue weighted by Gasteiger charge is -2.45. The average molecular weight is 543 g/mol. The Morgan fingerprint density at radius 2 is 0.949 bits per heavy atom. The highest BCUT2D eigenvalue weighted by Crippen LogP contribution is 2.33. The van der Waals surface area contributed by atoms with Crippen LogP contribution >= 0.6 is 0 Å². The van der Waals surface area contributed by atoms with Gasteiger partial charge in [0.2, 0.25) is 0 Å². The predicted octanol–water partition coefficient (Wildman–Crippen LogP) is 6.30. The smallest absolute Gasteiger partial charge is 0.166 e. The van der Waals surface area contributed by atoms with Crippen molar-refractivity contribution in [2.45, 2.75) is 61.5 Å². The standard InChI is InChI=1S/C33H34O5S/c1-25-30(35-22-26-14-6-2-7-15-26)31(36-23-27-16-8-3-9-17-27)32(37-24-28-18-10-4-11-19-28)33(38-25)39(34)29-20-12-5-13-21-29/h2-21,25,30-33H,22-24H2,1H3/t25-,30+,31+,32-,33+,39?/m0/s1. The molecule has 1 aliphatic rings. The summed E-state index contributed by atoms with van der Waals surface area (Å²) in [6, 6.07) is 39.4. The summed E-state index contributed by atoms with van der Waals surface area (Å²) >= 11 is 0. The quantitative estimate of drug-likeness (QED) is 0.223. The Balaban J connectivity index is 1.45. The van der Waals surface area contributed by atoms with Crippen LogP contribution in [0.2, 0.25) is 0 Å². The van der Waals surface area contributed by atoms with Gasteiger partial charge in [0.15, 0.2) is 5.44 Å². The van der Waals surface area contributed by atoms with E-state index in [0.29, 0.717) is 24.7 Å². The van der Waals surface area contributed by atoms with Gasteiger partial charge in [-0.2, -0.15) is 0 Å². The van der Waals surface area contributed by atoms with Crippen molar-refractivity contribution >= 4 is 10.8 Å². The second-order valence-electron chi connectivity index (χ2n) is 9.60. The molecule has 0 aromatic heterocycles. The summed E-state index contributed by atoms with van der Waals surface area (Å²) < 4.78 is 39.9. The predicted molar refractivity (Wildman–Crippen MR) is 152 cm³/mol. The Kier molecular flexibility index (Phi) is 9.70. The van der Waals surface area contributed by atoms with Crippen molar-refractivity contribution in [3.8, 4) is 0 Å². The third-order valence-electron chi connectivity index (χ3n) is 6.77. The topological polar surface area (TPSA) is 54.0 Å². The summed E-state index contributed by atoms with van der Waals surface area (Å²) in [6.45, 7) is 3.07. The Morgan fingerprint density at radius 1 is 0.564 bits per heavy atom. The Bertz CT molecular complexity index is 1290. The van der Waals surface area contributed by atoms with E-state index in [1.165, 1.54) is 0 Å². The van der Waals surface area contributed by atoms with Crippen LogP contribution < -0.4 is 0 Å². The highest BCUT2D eigenvalue weighted by Gasteiger charge is 2.49. The molecule has 4 aromatic rings. The van der Waals surface area contributed by atoms with Gasteiger partial charge in [-0.1, -0.05) is 109 Å². The molecule has 0 amide bonds. The van der Waals surface area contributed by atoms with Crippen LogP contribution in [0.1, 0.15) is 23.6 Å². The second-order valence-corrected chi connectivity index (χ2v) is 11.1. The molecule has 1 saturated heterocycles. The molecule has 202 valence electrons. The number of ether oxygens (including phenoxy) is 4. The minimum atomic E-state index is -1.48. The van der Waals surface area contributed by atoms with Crippen LogP contribution in [-0.4, -0.2) is 34.1 Å². The van der Waals surface area contributed by atoms with Gasteiger partial charge in [-0.25, -0.2) is 0 Å². The van der Waals surface area contributed by atoms with Gasteiger partial charge in [-0.3, -0.25) is 4.21 Å². The minimum Gasteiger partial charge on any atom is -0.368 e. The molecule has 6 atom stereocenters. The van der Waals surface area contributed by atoms with Gasteiger partial charge in [-0.15, -0.1) is 0 Å². The molecular formula is C33H34O5S. The average Bonchev–Trinajstić information content (AvgIpc) is 3.00. The molecular weight excluding hydrogens is 508 g/mol. The molecule has 0 spiro atoms. The van der Waals surface area contributed by atoms with Gasteiger partial charge < -0.3 is 18.9 Å². The van der Waals surface area contributed by atoms with Crippen LogP contribution in [0, 0.1) is 0 Å². The summed E-state index contributed by atoms with van der Waals surface area (Å²) in [5.74, 6) is 0. The van der Waals surface area contributed by atoms with Crippen molar-refractivity contribution in [2.24, 2.45) is 0 Å². The summed E-state index contributed by atoms with van der Waals surface area (Å²) in [6.07, 6.45) is -1.95. The van der Waals surface area contributed by atoms with E-state index in [-0.39, 0.29) is 6.10 Å². The van der Waals surface area contributed by atoms with E-state index in [9.17, 15) is 4.21 Å². The Morgan fingerprint density at radius 3 is 1.41 bits per heavy atom. The third kappa shape index (κ3) is 7.29. The van der Waals surface area contributed by atoms with Crippen molar-refractivity contribution < 1.29 is 23.2 Å². The molecule has 39 heavy (non-hydrogen) atoms. The zero-order valence-corrected chi connectivity index (χ0v) is 22.8. The van der Waals surface area contributed by atoms with Crippen LogP contribution in [-0.2, 0) is 49.6 Å². The zero-order valence-electron chi connectivity index (χ0n) is 22.0. The third-order valence-corrected chi connectivity index (χ3v) is 8.31. The maximum Gasteiger partial charge on any atom is 0.166 e. The lowest BCUT2D eigenvalue weighted by molar-refractivity contribution is -0.243. The first-order valence-corrected chi connectivity index (χ1v) is 14.5. The van der Waals surface area contributed by atoms with Gasteiger partial charge in [-0.05, 0) is 35.7 Å². The van der Waals surface area contributed by atoms with E-state index in [1.807, 2.05) is 128 Å². The normalized spacial score (nSPS) is 23.8. The first kappa shape index (κ1) is 27.4. The summed E-state index contributed by atoms with van der Waals surface area (Å²) in [5, 5.41) is 0. The van der Waals surface area contributed by atoms with Gasteiger partial charge in [0, 0.05) is 4.90 Å². The van der Waals surface area contributed by atoms with E-state index in [0.717, 1.165) is 16.7 Å². The SMILES string of the molecule is C[C@@H]1O[C@H](S(=O)c2ccccc2)[C@@H](OCc2ccccc2)[C@H](OCc2ccccc2)[C@@H]1OCc1ccccc1. The van der Waals surface area contributed by atoms with Gasteiger partial charge in [0.05, 0.1) is 36.7 Å². The molecule has 1 unspecified atom stereocenters. The van der Waals surface area contributed by atoms with Crippen molar-refractivity contribution in [3.63, 3.8) is 0 Å². The number of hydrogen-bond donors (Lipinski definition) is 0. The number of hydrogen-bond acceptors (Lipinski definition) is 5. The van der Waals surface area contributed by atoms with Gasteiger partial charge in [0.25, 0.3) is 0 Å². The molecule has 5 nitrogen and oxygen atoms in total. The highest BCUT2D eigenvalue weighted by molar-refractivity contribution is 7.85. The maximum absolute atomic E-state index is 13.9. The van der Waals surface area contributed by atoms with Gasteiger partial charge >= 0.3 is 0 Å². The fraction of sp³-hybridized carbons (Fsp3) is 0.273. The van der Waals surface area contributed by atoms with Crippen LogP contribution in [0.4, 0.5) is 0 Å². The summed E-state index contributed by atoms with van der Waals surface area (Å²) in [5.41, 5.74) is 2.39. The molecule has 6 heteroatoms. The summed E-state index contributed by atoms with van der Waals surface area (Å²) in [4.78, 5) is 0.688. The van der Waals surface area contributed by atoms with Crippen LogP contribution in [0.3, 0.4) is 0 Å². The second kappa shape index (κ2) is 13.8. The van der Waals surface area contributed by atoms with E-state index in [1.54, 1.807) is 0 Å². The zero-order chi connectivity index (χ0) is 26.9. The maximum atomic E-state index is 13.9. The minimum absolute atomic E-state index is 0.336. The van der Waals surface area contributed by atoms with E-state index in [4.69, 9.17) is 18.9 Å². The fourth-order valence-corrected chi connectivity index (χ4v) is 6.18. The van der Waals surface area contributed by atoms with Crippen LogP contribution in [0.25, 0.3) is 0 Å². The van der Waals surface area contributed by atoms with Gasteiger partial charge in [0.1, 0.15) is 18.3 Å². The highest BCUT2D eigenvalue weighted by atomic mass is 32.2. The molecule has 0 radical (unpaired) electrons. The number of benzene rings is 4. The molecule has 0 aliphatic carbocycles.